The molecule has 1 saturated heterocycles. The van der Waals surface area contributed by atoms with Crippen molar-refractivity contribution in [2.24, 2.45) is 5.92 Å². The van der Waals surface area contributed by atoms with E-state index in [1.165, 1.54) is 12.4 Å². The van der Waals surface area contributed by atoms with E-state index in [1.54, 1.807) is 19.1 Å². The summed E-state index contributed by atoms with van der Waals surface area (Å²) >= 11 is 1.13. The lowest BCUT2D eigenvalue weighted by molar-refractivity contribution is -0.148. The first-order chi connectivity index (χ1) is 17.7. The third kappa shape index (κ3) is 6.44. The predicted molar refractivity (Wildman–Crippen MR) is 139 cm³/mol. The molecule has 4 rings (SSSR count). The van der Waals surface area contributed by atoms with Crippen LogP contribution in [0.3, 0.4) is 0 Å². The number of benzene rings is 2. The van der Waals surface area contributed by atoms with Gasteiger partial charge in [-0.2, -0.15) is 13.2 Å². The molecule has 0 amide bonds. The van der Waals surface area contributed by atoms with Gasteiger partial charge in [0.05, 0.1) is 23.8 Å². The van der Waals surface area contributed by atoms with Crippen molar-refractivity contribution < 1.29 is 22.7 Å². The van der Waals surface area contributed by atoms with Crippen LogP contribution in [0.5, 0.6) is 0 Å². The lowest BCUT2D eigenvalue weighted by atomic mass is 9.98. The number of aromatic nitrogens is 2. The van der Waals surface area contributed by atoms with Gasteiger partial charge in [0.25, 0.3) is 0 Å². The van der Waals surface area contributed by atoms with E-state index in [0.717, 1.165) is 41.1 Å². The molecule has 3 aromatic rings. The number of anilines is 1. The molecule has 9 heteroatoms. The van der Waals surface area contributed by atoms with Crippen molar-refractivity contribution in [1.82, 2.24) is 9.97 Å². The highest BCUT2D eigenvalue weighted by Crippen LogP contribution is 2.43. The van der Waals surface area contributed by atoms with Gasteiger partial charge >= 0.3 is 12.1 Å². The molecule has 0 radical (unpaired) electrons. The zero-order chi connectivity index (χ0) is 26.6. The van der Waals surface area contributed by atoms with E-state index in [2.05, 4.69) is 9.97 Å². The van der Waals surface area contributed by atoms with E-state index < -0.39 is 11.7 Å². The number of ether oxygens (including phenoxy) is 1. The molecule has 37 heavy (non-hydrogen) atoms. The Bertz CT molecular complexity index is 1250. The number of nitrogens with zero attached hydrogens (tertiary/aromatic N) is 3. The van der Waals surface area contributed by atoms with Gasteiger partial charge < -0.3 is 9.64 Å². The molecule has 2 heterocycles. The van der Waals surface area contributed by atoms with Crippen LogP contribution in [0.2, 0.25) is 0 Å². The van der Waals surface area contributed by atoms with Crippen LogP contribution in [0.25, 0.3) is 11.3 Å². The van der Waals surface area contributed by atoms with Gasteiger partial charge in [-0.05, 0) is 49.4 Å². The number of esters is 1. The first-order valence-electron chi connectivity index (χ1n) is 12.4. The van der Waals surface area contributed by atoms with Crippen LogP contribution >= 0.6 is 11.8 Å². The number of hydrogen-bond acceptors (Lipinski definition) is 6. The summed E-state index contributed by atoms with van der Waals surface area (Å²) in [4.78, 5) is 23.7. The molecule has 0 saturated carbocycles. The third-order valence-electron chi connectivity index (χ3n) is 6.36. The number of alkyl halides is 3. The largest absolute Gasteiger partial charge is 0.466 e. The zero-order valence-electron chi connectivity index (χ0n) is 21.1. The maximum atomic E-state index is 14.2. The fourth-order valence-corrected chi connectivity index (χ4v) is 5.71. The Morgan fingerprint density at radius 1 is 1.14 bits per heavy atom. The van der Waals surface area contributed by atoms with Gasteiger partial charge in [0.1, 0.15) is 12.1 Å². The maximum Gasteiger partial charge on any atom is 0.417 e. The fourth-order valence-electron chi connectivity index (χ4n) is 4.48. The van der Waals surface area contributed by atoms with Crippen molar-refractivity contribution >= 4 is 23.5 Å². The van der Waals surface area contributed by atoms with Crippen molar-refractivity contribution in [1.29, 1.82) is 0 Å². The van der Waals surface area contributed by atoms with Crippen molar-refractivity contribution in [3.05, 3.63) is 66.0 Å². The summed E-state index contributed by atoms with van der Waals surface area (Å²) in [6.07, 6.45) is -1.64. The van der Waals surface area contributed by atoms with Crippen LogP contribution in [0.4, 0.5) is 19.0 Å². The van der Waals surface area contributed by atoms with Gasteiger partial charge in [-0.3, -0.25) is 4.79 Å². The van der Waals surface area contributed by atoms with Gasteiger partial charge in [0, 0.05) is 34.5 Å². The van der Waals surface area contributed by atoms with E-state index in [-0.39, 0.29) is 22.7 Å². The molecule has 1 aliphatic heterocycles. The smallest absolute Gasteiger partial charge is 0.417 e. The molecule has 5 nitrogen and oxygen atoms in total. The molecule has 2 aromatic carbocycles. The first-order valence-corrected chi connectivity index (χ1v) is 13.2. The summed E-state index contributed by atoms with van der Waals surface area (Å²) in [5, 5.41) is 0. The van der Waals surface area contributed by atoms with Crippen LogP contribution in [0.1, 0.15) is 50.7 Å². The molecule has 0 bridgehead atoms. The van der Waals surface area contributed by atoms with Crippen molar-refractivity contribution in [3.63, 3.8) is 0 Å². The van der Waals surface area contributed by atoms with Crippen LogP contribution in [0, 0.1) is 5.92 Å². The molecular weight excluding hydrogens is 499 g/mol. The SMILES string of the molecule is CCOC(=O)C1CCCN(c2cc(-c3ccc(Sc4ccccc4C(C)C)c(C(F)(F)F)c3)ncn2)C1. The van der Waals surface area contributed by atoms with Crippen LogP contribution in [0.15, 0.2) is 64.6 Å². The van der Waals surface area contributed by atoms with E-state index >= 15 is 0 Å². The molecule has 196 valence electrons. The minimum atomic E-state index is -4.53. The summed E-state index contributed by atoms with van der Waals surface area (Å²) < 4.78 is 47.6. The second-order valence-electron chi connectivity index (χ2n) is 9.30. The summed E-state index contributed by atoms with van der Waals surface area (Å²) in [6.45, 7) is 7.30. The number of rotatable bonds is 7. The summed E-state index contributed by atoms with van der Waals surface area (Å²) in [6, 6.07) is 13.6. The average Bonchev–Trinajstić information content (AvgIpc) is 2.89. The Balaban J connectivity index is 1.63. The molecule has 1 fully saturated rings. The molecular formula is C28H30F3N3O2S. The van der Waals surface area contributed by atoms with Gasteiger partial charge in [0.2, 0.25) is 0 Å². The molecule has 0 spiro atoms. The summed E-state index contributed by atoms with van der Waals surface area (Å²) in [5.74, 6) is 0.282. The van der Waals surface area contributed by atoms with Crippen LogP contribution in [-0.4, -0.2) is 35.6 Å². The van der Waals surface area contributed by atoms with Crippen molar-refractivity contribution in [2.75, 3.05) is 24.6 Å². The highest BCUT2D eigenvalue weighted by molar-refractivity contribution is 7.99. The molecule has 1 aromatic heterocycles. The number of carbonyl (C=O) groups excluding carboxylic acids is 1. The minimum Gasteiger partial charge on any atom is -0.466 e. The van der Waals surface area contributed by atoms with Crippen molar-refractivity contribution in [3.8, 4) is 11.3 Å². The van der Waals surface area contributed by atoms with E-state index in [0.29, 0.717) is 36.8 Å². The summed E-state index contributed by atoms with van der Waals surface area (Å²) in [7, 11) is 0. The molecule has 1 unspecified atom stereocenters. The highest BCUT2D eigenvalue weighted by Gasteiger charge is 2.34. The number of piperidine rings is 1. The van der Waals surface area contributed by atoms with Crippen molar-refractivity contribution in [2.45, 2.75) is 55.5 Å². The molecule has 0 aliphatic carbocycles. The lowest BCUT2D eigenvalue weighted by Gasteiger charge is -2.32. The third-order valence-corrected chi connectivity index (χ3v) is 7.53. The standard InChI is InChI=1S/C28H30F3N3O2S/c1-4-36-27(35)20-8-7-13-34(16-20)26-15-23(32-17-33-26)19-11-12-25(22(14-19)28(29,30)31)37-24-10-6-5-9-21(24)18(2)3/h5-6,9-12,14-15,17-18,20H,4,7-8,13,16H2,1-3H3. The Morgan fingerprint density at radius 3 is 2.65 bits per heavy atom. The van der Waals surface area contributed by atoms with Gasteiger partial charge in [-0.25, -0.2) is 9.97 Å². The maximum absolute atomic E-state index is 14.2. The number of carbonyl (C=O) groups is 1. The highest BCUT2D eigenvalue weighted by atomic mass is 32.2. The Hall–Kier alpha value is -3.07. The Labute approximate surface area is 219 Å². The van der Waals surface area contributed by atoms with E-state index in [4.69, 9.17) is 4.74 Å². The number of halogens is 3. The second kappa shape index (κ2) is 11.5. The molecule has 0 N–H and O–H groups in total. The normalized spacial score (nSPS) is 16.2. The summed E-state index contributed by atoms with van der Waals surface area (Å²) in [5.41, 5.74) is 1.06. The first kappa shape index (κ1) is 27.0. The number of hydrogen-bond donors (Lipinski definition) is 0. The minimum absolute atomic E-state index is 0.145. The lowest BCUT2D eigenvalue weighted by Crippen LogP contribution is -2.39. The van der Waals surface area contributed by atoms with E-state index in [1.807, 2.05) is 43.0 Å². The quantitative estimate of drug-likeness (QED) is 0.301. The predicted octanol–water partition coefficient (Wildman–Crippen LogP) is 7.22. The van der Waals surface area contributed by atoms with Gasteiger partial charge in [0.15, 0.2) is 0 Å². The monoisotopic (exact) mass is 529 g/mol. The van der Waals surface area contributed by atoms with Gasteiger partial charge in [-0.15, -0.1) is 0 Å². The van der Waals surface area contributed by atoms with E-state index in [9.17, 15) is 18.0 Å². The Kier molecular flexibility index (Phi) is 8.42. The van der Waals surface area contributed by atoms with Crippen LogP contribution in [-0.2, 0) is 15.7 Å². The van der Waals surface area contributed by atoms with Crippen LogP contribution < -0.4 is 4.90 Å². The zero-order valence-corrected chi connectivity index (χ0v) is 21.9. The molecule has 1 atom stereocenters. The average molecular weight is 530 g/mol. The topological polar surface area (TPSA) is 55.3 Å². The van der Waals surface area contributed by atoms with Gasteiger partial charge in [-0.1, -0.05) is 49.9 Å². The second-order valence-corrected chi connectivity index (χ2v) is 10.4. The Morgan fingerprint density at radius 2 is 1.92 bits per heavy atom. The fraction of sp³-hybridized carbons (Fsp3) is 0.393. The molecule has 1 aliphatic rings.